The summed E-state index contributed by atoms with van der Waals surface area (Å²) in [6, 6.07) is 2.96. The van der Waals surface area contributed by atoms with E-state index in [1.165, 1.54) is 13.0 Å². The van der Waals surface area contributed by atoms with Crippen molar-refractivity contribution < 1.29 is 9.72 Å². The number of halogens is 1. The minimum absolute atomic E-state index is 0.0121. The van der Waals surface area contributed by atoms with Crippen molar-refractivity contribution in [2.75, 3.05) is 24.5 Å². The molecular formula is C15H20ClN3O3. The van der Waals surface area contributed by atoms with Crippen LogP contribution in [-0.2, 0) is 4.79 Å². The Morgan fingerprint density at radius 2 is 2.27 bits per heavy atom. The Balaban J connectivity index is 2.17. The zero-order valence-electron chi connectivity index (χ0n) is 12.8. The van der Waals surface area contributed by atoms with E-state index in [0.29, 0.717) is 17.5 Å². The Labute approximate surface area is 134 Å². The summed E-state index contributed by atoms with van der Waals surface area (Å²) in [7, 11) is 0. The van der Waals surface area contributed by atoms with Crippen LogP contribution in [-0.4, -0.2) is 30.5 Å². The smallest absolute Gasteiger partial charge is 0.271 e. The van der Waals surface area contributed by atoms with Crippen molar-refractivity contribution in [1.29, 1.82) is 0 Å². The number of carbonyl (C=O) groups excluding carboxylic acids is 1. The molecule has 1 atom stereocenters. The van der Waals surface area contributed by atoms with Crippen LogP contribution in [0, 0.1) is 23.0 Å². The molecule has 0 aliphatic carbocycles. The molecule has 1 aromatic rings. The fraction of sp³-hybridized carbons (Fsp3) is 0.533. The first-order valence-electron chi connectivity index (χ1n) is 7.32. The Bertz CT molecular complexity index is 568. The van der Waals surface area contributed by atoms with Crippen LogP contribution < -0.4 is 10.2 Å². The van der Waals surface area contributed by atoms with E-state index < -0.39 is 4.92 Å². The third-order valence-electron chi connectivity index (χ3n) is 3.92. The normalized spacial score (nSPS) is 18.1. The fourth-order valence-electron chi connectivity index (χ4n) is 2.95. The maximum atomic E-state index is 11.0. The Morgan fingerprint density at radius 1 is 1.55 bits per heavy atom. The van der Waals surface area contributed by atoms with E-state index in [4.69, 9.17) is 11.6 Å². The topological polar surface area (TPSA) is 75.5 Å². The molecule has 0 bridgehead atoms. The van der Waals surface area contributed by atoms with Crippen LogP contribution in [0.15, 0.2) is 12.1 Å². The highest BCUT2D eigenvalue weighted by Crippen LogP contribution is 2.35. The van der Waals surface area contributed by atoms with E-state index in [9.17, 15) is 14.9 Å². The zero-order valence-corrected chi connectivity index (χ0v) is 13.5. The Hall–Kier alpha value is -1.82. The van der Waals surface area contributed by atoms with Crippen LogP contribution >= 0.6 is 11.6 Å². The molecule has 0 spiro atoms. The highest BCUT2D eigenvalue weighted by Gasteiger charge is 2.24. The SMILES string of the molecule is CC(=O)NCC1CCCN(c2c(C)cc([N+](=O)[O-])cc2Cl)C1. The lowest BCUT2D eigenvalue weighted by Crippen LogP contribution is -2.41. The average Bonchev–Trinajstić information content (AvgIpc) is 2.44. The van der Waals surface area contributed by atoms with Crippen molar-refractivity contribution in [2.24, 2.45) is 5.92 Å². The zero-order chi connectivity index (χ0) is 16.3. The quantitative estimate of drug-likeness (QED) is 0.682. The van der Waals surface area contributed by atoms with Gasteiger partial charge in [0, 0.05) is 38.7 Å². The minimum atomic E-state index is -0.432. The molecule has 1 saturated heterocycles. The van der Waals surface area contributed by atoms with Gasteiger partial charge in [0.1, 0.15) is 0 Å². The first-order chi connectivity index (χ1) is 10.4. The van der Waals surface area contributed by atoms with Crippen molar-refractivity contribution >= 4 is 28.9 Å². The summed E-state index contributed by atoms with van der Waals surface area (Å²) < 4.78 is 0. The number of nitrogens with one attached hydrogen (secondary N) is 1. The van der Waals surface area contributed by atoms with Gasteiger partial charge in [-0.15, -0.1) is 0 Å². The number of hydrogen-bond donors (Lipinski definition) is 1. The lowest BCUT2D eigenvalue weighted by Gasteiger charge is -2.35. The number of carbonyl (C=O) groups is 1. The largest absolute Gasteiger partial charge is 0.370 e. The van der Waals surface area contributed by atoms with Gasteiger partial charge in [0.15, 0.2) is 0 Å². The summed E-state index contributed by atoms with van der Waals surface area (Å²) in [6.45, 7) is 5.66. The molecule has 0 aromatic heterocycles. The predicted molar refractivity (Wildman–Crippen MR) is 86.5 cm³/mol. The van der Waals surface area contributed by atoms with Gasteiger partial charge in [0.25, 0.3) is 5.69 Å². The van der Waals surface area contributed by atoms with Gasteiger partial charge in [-0.2, -0.15) is 0 Å². The van der Waals surface area contributed by atoms with Gasteiger partial charge < -0.3 is 10.2 Å². The summed E-state index contributed by atoms with van der Waals surface area (Å²) in [5, 5.41) is 14.1. The third-order valence-corrected chi connectivity index (χ3v) is 4.21. The van der Waals surface area contributed by atoms with Gasteiger partial charge in [-0.1, -0.05) is 11.6 Å². The monoisotopic (exact) mass is 325 g/mol. The molecule has 1 amide bonds. The molecule has 120 valence electrons. The van der Waals surface area contributed by atoms with Gasteiger partial charge in [-0.3, -0.25) is 14.9 Å². The van der Waals surface area contributed by atoms with Crippen molar-refractivity contribution in [3.8, 4) is 0 Å². The summed E-state index contributed by atoms with van der Waals surface area (Å²) in [5.74, 6) is 0.338. The van der Waals surface area contributed by atoms with Crippen molar-refractivity contribution in [1.82, 2.24) is 5.32 Å². The first-order valence-corrected chi connectivity index (χ1v) is 7.70. The van der Waals surface area contributed by atoms with Crippen LogP contribution in [0.4, 0.5) is 11.4 Å². The maximum Gasteiger partial charge on any atom is 0.271 e. The molecule has 0 saturated carbocycles. The molecule has 7 heteroatoms. The number of rotatable bonds is 4. The molecule has 1 aliphatic heterocycles. The number of nitro benzene ring substituents is 1. The molecule has 1 unspecified atom stereocenters. The lowest BCUT2D eigenvalue weighted by molar-refractivity contribution is -0.384. The molecule has 1 heterocycles. The fourth-order valence-corrected chi connectivity index (χ4v) is 3.33. The summed E-state index contributed by atoms with van der Waals surface area (Å²) >= 11 is 6.27. The van der Waals surface area contributed by atoms with Crippen LogP contribution in [0.25, 0.3) is 0 Å². The number of nitro groups is 1. The highest BCUT2D eigenvalue weighted by molar-refractivity contribution is 6.33. The van der Waals surface area contributed by atoms with E-state index in [-0.39, 0.29) is 11.6 Å². The summed E-state index contributed by atoms with van der Waals surface area (Å²) in [6.07, 6.45) is 2.07. The average molecular weight is 326 g/mol. The Morgan fingerprint density at radius 3 is 2.86 bits per heavy atom. The number of nitrogens with zero attached hydrogens (tertiary/aromatic N) is 2. The number of aryl methyl sites for hydroxylation is 1. The first kappa shape index (κ1) is 16.5. The number of non-ortho nitro benzene ring substituents is 1. The van der Waals surface area contributed by atoms with Crippen LogP contribution in [0.1, 0.15) is 25.3 Å². The molecule has 0 radical (unpaired) electrons. The van der Waals surface area contributed by atoms with Gasteiger partial charge >= 0.3 is 0 Å². The van der Waals surface area contributed by atoms with Crippen LogP contribution in [0.2, 0.25) is 5.02 Å². The summed E-state index contributed by atoms with van der Waals surface area (Å²) in [4.78, 5) is 23.7. The number of hydrogen-bond acceptors (Lipinski definition) is 4. The molecule has 1 aromatic carbocycles. The second-order valence-electron chi connectivity index (χ2n) is 5.74. The van der Waals surface area contributed by atoms with Crippen molar-refractivity contribution in [3.05, 3.63) is 32.8 Å². The third kappa shape index (κ3) is 3.88. The van der Waals surface area contributed by atoms with E-state index in [2.05, 4.69) is 10.2 Å². The standard InChI is InChI=1S/C15H20ClN3O3/c1-10-6-13(19(21)22)7-14(16)15(10)18-5-3-4-12(9-18)8-17-11(2)20/h6-7,12H,3-5,8-9H2,1-2H3,(H,17,20). The van der Waals surface area contributed by atoms with E-state index in [1.807, 2.05) is 6.92 Å². The molecular weight excluding hydrogens is 306 g/mol. The van der Waals surface area contributed by atoms with E-state index >= 15 is 0 Å². The van der Waals surface area contributed by atoms with Gasteiger partial charge in [0.05, 0.1) is 15.6 Å². The minimum Gasteiger partial charge on any atom is -0.370 e. The highest BCUT2D eigenvalue weighted by atomic mass is 35.5. The molecule has 22 heavy (non-hydrogen) atoms. The molecule has 1 fully saturated rings. The predicted octanol–water partition coefficient (Wildman–Crippen LogP) is 2.91. The second-order valence-corrected chi connectivity index (χ2v) is 6.15. The number of benzene rings is 1. The van der Waals surface area contributed by atoms with Crippen molar-refractivity contribution in [3.63, 3.8) is 0 Å². The van der Waals surface area contributed by atoms with Gasteiger partial charge in [-0.25, -0.2) is 0 Å². The lowest BCUT2D eigenvalue weighted by atomic mass is 9.96. The van der Waals surface area contributed by atoms with Crippen LogP contribution in [0.5, 0.6) is 0 Å². The Kier molecular flexibility index (Phi) is 5.24. The number of amides is 1. The second kappa shape index (κ2) is 6.96. The molecule has 1 N–H and O–H groups in total. The molecule has 2 rings (SSSR count). The van der Waals surface area contributed by atoms with Gasteiger partial charge in [-0.05, 0) is 31.2 Å². The van der Waals surface area contributed by atoms with E-state index in [1.54, 1.807) is 6.07 Å². The van der Waals surface area contributed by atoms with E-state index in [0.717, 1.165) is 37.2 Å². The molecule has 1 aliphatic rings. The maximum absolute atomic E-state index is 11.0. The van der Waals surface area contributed by atoms with Crippen LogP contribution in [0.3, 0.4) is 0 Å². The van der Waals surface area contributed by atoms with Gasteiger partial charge in [0.2, 0.25) is 5.91 Å². The number of piperidine rings is 1. The molecule has 6 nitrogen and oxygen atoms in total. The van der Waals surface area contributed by atoms with Crippen molar-refractivity contribution in [2.45, 2.75) is 26.7 Å². The number of anilines is 1. The summed E-state index contributed by atoms with van der Waals surface area (Å²) in [5.41, 5.74) is 1.68.